The second kappa shape index (κ2) is 5.82. The predicted molar refractivity (Wildman–Crippen MR) is 68.7 cm³/mol. The zero-order valence-corrected chi connectivity index (χ0v) is 10.7. The van der Waals surface area contributed by atoms with E-state index in [1.165, 1.54) is 31.5 Å². The minimum atomic E-state index is -1.49. The van der Waals surface area contributed by atoms with Crippen molar-refractivity contribution in [3.63, 3.8) is 0 Å². The number of aromatic carboxylic acids is 1. The third-order valence-corrected chi connectivity index (χ3v) is 2.43. The van der Waals surface area contributed by atoms with Gasteiger partial charge in [-0.1, -0.05) is 6.07 Å². The lowest BCUT2D eigenvalue weighted by molar-refractivity contribution is -0.385. The van der Waals surface area contributed by atoms with Crippen molar-refractivity contribution >= 4 is 11.7 Å². The molecule has 1 aromatic carbocycles. The summed E-state index contributed by atoms with van der Waals surface area (Å²) in [7, 11) is 1.39. The molecule has 0 aliphatic rings. The van der Waals surface area contributed by atoms with Crippen LogP contribution < -0.4 is 9.47 Å². The van der Waals surface area contributed by atoms with Crippen molar-refractivity contribution in [3.8, 4) is 17.6 Å². The van der Waals surface area contributed by atoms with Gasteiger partial charge in [-0.25, -0.2) is 9.78 Å². The number of methoxy groups -OCH3 is 1. The van der Waals surface area contributed by atoms with E-state index < -0.39 is 22.1 Å². The molecule has 1 N–H and O–H groups in total. The number of benzene rings is 1. The summed E-state index contributed by atoms with van der Waals surface area (Å²) in [5, 5.41) is 20.0. The van der Waals surface area contributed by atoms with Gasteiger partial charge in [0.25, 0.3) is 5.69 Å². The number of hydrogen-bond acceptors (Lipinski definition) is 7. The van der Waals surface area contributed by atoms with E-state index >= 15 is 0 Å². The lowest BCUT2D eigenvalue weighted by atomic mass is 10.1. The average Bonchev–Trinajstić information content (AvgIpc) is 2.46. The second-order valence-corrected chi connectivity index (χ2v) is 3.70. The summed E-state index contributed by atoms with van der Waals surface area (Å²) < 4.78 is 10.1. The number of nitrogens with zero attached hydrogens (tertiary/aromatic N) is 3. The van der Waals surface area contributed by atoms with Crippen LogP contribution >= 0.6 is 0 Å². The molecule has 0 unspecified atom stereocenters. The fraction of sp³-hybridized carbons (Fsp3) is 0.0833. The summed E-state index contributed by atoms with van der Waals surface area (Å²) in [6, 6.07) is 4.94. The summed E-state index contributed by atoms with van der Waals surface area (Å²) in [6.07, 6.45) is 1.35. The number of hydrogen-bond donors (Lipinski definition) is 1. The number of carbonyl (C=O) groups is 1. The Kier molecular flexibility index (Phi) is 3.93. The third-order valence-electron chi connectivity index (χ3n) is 2.43. The van der Waals surface area contributed by atoms with E-state index in [9.17, 15) is 14.9 Å². The van der Waals surface area contributed by atoms with Crippen molar-refractivity contribution in [2.24, 2.45) is 0 Å². The molecule has 0 saturated heterocycles. The molecule has 0 aliphatic carbocycles. The van der Waals surface area contributed by atoms with Crippen LogP contribution in [0.25, 0.3) is 0 Å². The number of nitro benzene ring substituents is 1. The molecule has 1 aromatic heterocycles. The van der Waals surface area contributed by atoms with E-state index in [1.807, 2.05) is 0 Å². The van der Waals surface area contributed by atoms with Crippen molar-refractivity contribution in [1.82, 2.24) is 9.97 Å². The van der Waals surface area contributed by atoms with Crippen LogP contribution in [0, 0.1) is 10.1 Å². The Bertz CT molecular complexity index is 703. The van der Waals surface area contributed by atoms with Crippen LogP contribution in [0.3, 0.4) is 0 Å². The van der Waals surface area contributed by atoms with Gasteiger partial charge in [0.05, 0.1) is 12.0 Å². The van der Waals surface area contributed by atoms with Gasteiger partial charge in [0.2, 0.25) is 5.88 Å². The minimum Gasteiger partial charge on any atom is -0.481 e. The maximum Gasteiger partial charge on any atom is 0.346 e. The molecule has 0 radical (unpaired) electrons. The van der Waals surface area contributed by atoms with Gasteiger partial charge in [0.15, 0.2) is 11.3 Å². The minimum absolute atomic E-state index is 0.183. The smallest absolute Gasteiger partial charge is 0.346 e. The van der Waals surface area contributed by atoms with E-state index in [-0.39, 0.29) is 17.6 Å². The van der Waals surface area contributed by atoms with Gasteiger partial charge < -0.3 is 14.6 Å². The first-order valence-corrected chi connectivity index (χ1v) is 5.58. The Morgan fingerprint density at radius 3 is 2.76 bits per heavy atom. The highest BCUT2D eigenvalue weighted by atomic mass is 16.6. The average molecular weight is 291 g/mol. The molecule has 9 heteroatoms. The standard InChI is InChI=1S/C12H9N3O6/c1-20-9-5-6-13-12(14-9)21-8-4-2-3-7(15(18)19)10(8)11(16)17/h2-6H,1H3,(H,16,17). The van der Waals surface area contributed by atoms with Crippen LogP contribution in [0.15, 0.2) is 30.5 Å². The normalized spacial score (nSPS) is 9.95. The molecular weight excluding hydrogens is 282 g/mol. The highest BCUT2D eigenvalue weighted by molar-refractivity contribution is 5.95. The molecule has 0 amide bonds. The molecule has 0 saturated carbocycles. The summed E-state index contributed by atoms with van der Waals surface area (Å²) in [5.74, 6) is -1.51. The Morgan fingerprint density at radius 1 is 1.38 bits per heavy atom. The van der Waals surface area contributed by atoms with Crippen molar-refractivity contribution in [1.29, 1.82) is 0 Å². The molecule has 0 bridgehead atoms. The first kappa shape index (κ1) is 14.2. The van der Waals surface area contributed by atoms with Gasteiger partial charge in [-0.05, 0) is 6.07 Å². The van der Waals surface area contributed by atoms with Crippen molar-refractivity contribution in [3.05, 3.63) is 46.1 Å². The quantitative estimate of drug-likeness (QED) is 0.653. The first-order chi connectivity index (χ1) is 10.0. The van der Waals surface area contributed by atoms with Gasteiger partial charge in [0, 0.05) is 18.3 Å². The van der Waals surface area contributed by atoms with E-state index in [4.69, 9.17) is 14.6 Å². The molecule has 2 aromatic rings. The summed E-state index contributed by atoms with van der Waals surface area (Å²) >= 11 is 0. The highest BCUT2D eigenvalue weighted by Gasteiger charge is 2.25. The van der Waals surface area contributed by atoms with Crippen LogP contribution in [-0.4, -0.2) is 33.1 Å². The molecule has 108 valence electrons. The Labute approximate surface area is 117 Å². The number of carboxylic acid groups (broad SMARTS) is 1. The number of rotatable bonds is 5. The van der Waals surface area contributed by atoms with E-state index in [0.29, 0.717) is 0 Å². The predicted octanol–water partition coefficient (Wildman–Crippen LogP) is 1.88. The molecule has 0 fully saturated rings. The molecular formula is C12H9N3O6. The molecule has 2 rings (SSSR count). The number of ether oxygens (including phenoxy) is 2. The Morgan fingerprint density at radius 2 is 2.14 bits per heavy atom. The fourth-order valence-corrected chi connectivity index (χ4v) is 1.56. The van der Waals surface area contributed by atoms with Crippen LogP contribution in [0.5, 0.6) is 17.6 Å². The zero-order chi connectivity index (χ0) is 15.4. The first-order valence-electron chi connectivity index (χ1n) is 5.58. The Hall–Kier alpha value is -3.23. The van der Waals surface area contributed by atoms with Gasteiger partial charge >= 0.3 is 12.0 Å². The molecule has 0 aliphatic heterocycles. The fourth-order valence-electron chi connectivity index (χ4n) is 1.56. The number of carboxylic acids is 1. The third kappa shape index (κ3) is 3.03. The molecule has 0 spiro atoms. The summed E-state index contributed by atoms with van der Waals surface area (Å²) in [5.41, 5.74) is -1.16. The van der Waals surface area contributed by atoms with E-state index in [1.54, 1.807) is 0 Å². The SMILES string of the molecule is COc1ccnc(Oc2cccc([N+](=O)[O-])c2C(=O)O)n1. The van der Waals surface area contributed by atoms with E-state index in [2.05, 4.69) is 9.97 Å². The highest BCUT2D eigenvalue weighted by Crippen LogP contribution is 2.30. The maximum absolute atomic E-state index is 11.2. The van der Waals surface area contributed by atoms with Gasteiger partial charge in [-0.2, -0.15) is 4.98 Å². The monoisotopic (exact) mass is 291 g/mol. The van der Waals surface area contributed by atoms with Gasteiger partial charge in [-0.3, -0.25) is 10.1 Å². The van der Waals surface area contributed by atoms with Crippen molar-refractivity contribution < 1.29 is 24.3 Å². The summed E-state index contributed by atoms with van der Waals surface area (Å²) in [6.45, 7) is 0. The van der Waals surface area contributed by atoms with Crippen LogP contribution in [0.1, 0.15) is 10.4 Å². The van der Waals surface area contributed by atoms with E-state index in [0.717, 1.165) is 6.07 Å². The molecule has 0 atom stereocenters. The molecule has 9 nitrogen and oxygen atoms in total. The molecule has 21 heavy (non-hydrogen) atoms. The van der Waals surface area contributed by atoms with Crippen molar-refractivity contribution in [2.45, 2.75) is 0 Å². The Balaban J connectivity index is 2.46. The second-order valence-electron chi connectivity index (χ2n) is 3.70. The van der Waals surface area contributed by atoms with Crippen molar-refractivity contribution in [2.75, 3.05) is 7.11 Å². The lowest BCUT2D eigenvalue weighted by Crippen LogP contribution is -2.06. The van der Waals surface area contributed by atoms with Gasteiger partial charge in [0.1, 0.15) is 0 Å². The largest absolute Gasteiger partial charge is 0.481 e. The number of aromatic nitrogens is 2. The maximum atomic E-state index is 11.2. The summed E-state index contributed by atoms with van der Waals surface area (Å²) in [4.78, 5) is 28.9. The van der Waals surface area contributed by atoms with Gasteiger partial charge in [-0.15, -0.1) is 0 Å². The molecule has 1 heterocycles. The van der Waals surface area contributed by atoms with Crippen LogP contribution in [0.2, 0.25) is 0 Å². The topological polar surface area (TPSA) is 125 Å². The van der Waals surface area contributed by atoms with Crippen LogP contribution in [-0.2, 0) is 0 Å². The zero-order valence-electron chi connectivity index (χ0n) is 10.7. The van der Waals surface area contributed by atoms with Crippen LogP contribution in [0.4, 0.5) is 5.69 Å². The number of nitro groups is 1. The lowest BCUT2D eigenvalue weighted by Gasteiger charge is -2.07.